The molecule has 170 valence electrons. The number of amides is 1. The molecule has 0 fully saturated rings. The van der Waals surface area contributed by atoms with E-state index in [9.17, 15) is 4.79 Å². The van der Waals surface area contributed by atoms with E-state index in [1.807, 2.05) is 45.0 Å². The number of unbranched alkanes of at least 4 members (excludes halogenated alkanes) is 1. The zero-order valence-electron chi connectivity index (χ0n) is 19.1. The second kappa shape index (κ2) is 16.7. The van der Waals surface area contributed by atoms with Gasteiger partial charge in [0.05, 0.1) is 26.4 Å². The smallest absolute Gasteiger partial charge is 0.224 e. The molecule has 1 aromatic rings. The van der Waals surface area contributed by atoms with Crippen molar-refractivity contribution in [3.8, 4) is 0 Å². The van der Waals surface area contributed by atoms with Gasteiger partial charge >= 0.3 is 0 Å². The molecule has 1 amide bonds. The SMILES string of the molecule is CCCCOCCOCCNC(=NCc1cccc(NC(=O)CC(C)C)c1)NCC. The van der Waals surface area contributed by atoms with E-state index < -0.39 is 0 Å². The molecule has 0 radical (unpaired) electrons. The molecule has 0 heterocycles. The number of hydrogen-bond acceptors (Lipinski definition) is 4. The third kappa shape index (κ3) is 13.2. The van der Waals surface area contributed by atoms with E-state index in [0.717, 1.165) is 43.2 Å². The molecule has 0 atom stereocenters. The Labute approximate surface area is 182 Å². The van der Waals surface area contributed by atoms with Gasteiger partial charge in [-0.1, -0.05) is 39.3 Å². The summed E-state index contributed by atoms with van der Waals surface area (Å²) < 4.78 is 11.0. The fourth-order valence-electron chi connectivity index (χ4n) is 2.65. The number of ether oxygens (including phenoxy) is 2. The normalized spacial score (nSPS) is 11.6. The molecule has 0 aliphatic rings. The molecule has 3 N–H and O–H groups in total. The van der Waals surface area contributed by atoms with Gasteiger partial charge in [0, 0.05) is 31.8 Å². The summed E-state index contributed by atoms with van der Waals surface area (Å²) in [5, 5.41) is 9.46. The Balaban J connectivity index is 2.39. The molecule has 0 spiro atoms. The maximum atomic E-state index is 12.0. The average Bonchev–Trinajstić information content (AvgIpc) is 2.70. The van der Waals surface area contributed by atoms with E-state index in [1.165, 1.54) is 0 Å². The van der Waals surface area contributed by atoms with Gasteiger partial charge in [-0.25, -0.2) is 4.99 Å². The summed E-state index contributed by atoms with van der Waals surface area (Å²) in [4.78, 5) is 16.6. The summed E-state index contributed by atoms with van der Waals surface area (Å²) >= 11 is 0. The maximum Gasteiger partial charge on any atom is 0.224 e. The molecule has 1 aromatic carbocycles. The van der Waals surface area contributed by atoms with Crippen LogP contribution < -0.4 is 16.0 Å². The highest BCUT2D eigenvalue weighted by molar-refractivity contribution is 5.90. The quantitative estimate of drug-likeness (QED) is 0.230. The molecule has 7 nitrogen and oxygen atoms in total. The van der Waals surface area contributed by atoms with Gasteiger partial charge in [-0.05, 0) is 37.0 Å². The lowest BCUT2D eigenvalue weighted by molar-refractivity contribution is -0.116. The Kier molecular flexibility index (Phi) is 14.4. The van der Waals surface area contributed by atoms with Crippen LogP contribution in [0.25, 0.3) is 0 Å². The van der Waals surface area contributed by atoms with Crippen LogP contribution in [-0.4, -0.2) is 51.4 Å². The monoisotopic (exact) mass is 420 g/mol. The summed E-state index contributed by atoms with van der Waals surface area (Å²) in [6.45, 7) is 12.9. The summed E-state index contributed by atoms with van der Waals surface area (Å²) in [5.74, 6) is 1.12. The molecular formula is C23H40N4O3. The van der Waals surface area contributed by atoms with E-state index in [1.54, 1.807) is 0 Å². The van der Waals surface area contributed by atoms with Crippen LogP contribution >= 0.6 is 0 Å². The second-order valence-corrected chi connectivity index (χ2v) is 7.55. The first-order valence-corrected chi connectivity index (χ1v) is 11.1. The number of nitrogens with one attached hydrogen (secondary N) is 3. The fraction of sp³-hybridized carbons (Fsp3) is 0.652. The standard InChI is InChI=1S/C23H40N4O3/c1-5-7-12-29-14-15-30-13-11-25-23(24-6-2)26-18-20-9-8-10-21(17-20)27-22(28)16-19(3)4/h8-10,17,19H,5-7,11-16,18H2,1-4H3,(H,27,28)(H2,24,25,26). The van der Waals surface area contributed by atoms with Gasteiger partial charge in [0.25, 0.3) is 0 Å². The van der Waals surface area contributed by atoms with Gasteiger partial charge in [0.2, 0.25) is 5.91 Å². The molecule has 0 aliphatic carbocycles. The lowest BCUT2D eigenvalue weighted by Gasteiger charge is -2.12. The fourth-order valence-corrected chi connectivity index (χ4v) is 2.65. The van der Waals surface area contributed by atoms with Crippen molar-refractivity contribution in [1.29, 1.82) is 0 Å². The van der Waals surface area contributed by atoms with Crippen LogP contribution in [0, 0.1) is 5.92 Å². The third-order valence-electron chi connectivity index (χ3n) is 4.12. The Bertz CT molecular complexity index is 620. The molecule has 0 unspecified atom stereocenters. The summed E-state index contributed by atoms with van der Waals surface area (Å²) in [6.07, 6.45) is 2.76. The first-order valence-electron chi connectivity index (χ1n) is 11.1. The Morgan fingerprint density at radius 3 is 2.53 bits per heavy atom. The van der Waals surface area contributed by atoms with E-state index >= 15 is 0 Å². The Hall–Kier alpha value is -2.12. The average molecular weight is 421 g/mol. The van der Waals surface area contributed by atoms with Crippen molar-refractivity contribution in [3.63, 3.8) is 0 Å². The van der Waals surface area contributed by atoms with Crippen LogP contribution in [0.5, 0.6) is 0 Å². The first-order chi connectivity index (χ1) is 14.5. The number of nitrogens with zero attached hydrogens (tertiary/aromatic N) is 1. The number of hydrogen-bond donors (Lipinski definition) is 3. The van der Waals surface area contributed by atoms with E-state index in [0.29, 0.717) is 45.2 Å². The van der Waals surface area contributed by atoms with Crippen molar-refractivity contribution in [2.75, 3.05) is 44.8 Å². The third-order valence-corrected chi connectivity index (χ3v) is 4.12. The number of guanidine groups is 1. The topological polar surface area (TPSA) is 84.0 Å². The van der Waals surface area contributed by atoms with Crippen LogP contribution in [-0.2, 0) is 20.8 Å². The molecular weight excluding hydrogens is 380 g/mol. The van der Waals surface area contributed by atoms with Gasteiger partial charge in [-0.15, -0.1) is 0 Å². The second-order valence-electron chi connectivity index (χ2n) is 7.55. The van der Waals surface area contributed by atoms with Gasteiger partial charge in [-0.3, -0.25) is 4.79 Å². The highest BCUT2D eigenvalue weighted by Gasteiger charge is 2.06. The van der Waals surface area contributed by atoms with Crippen LogP contribution in [0.15, 0.2) is 29.3 Å². The highest BCUT2D eigenvalue weighted by atomic mass is 16.5. The van der Waals surface area contributed by atoms with Crippen molar-refractivity contribution in [3.05, 3.63) is 29.8 Å². The molecule has 1 rings (SSSR count). The summed E-state index contributed by atoms with van der Waals surface area (Å²) in [7, 11) is 0. The van der Waals surface area contributed by atoms with Crippen molar-refractivity contribution in [2.45, 2.75) is 53.5 Å². The predicted molar refractivity (Wildman–Crippen MR) is 124 cm³/mol. The zero-order chi connectivity index (χ0) is 22.0. The van der Waals surface area contributed by atoms with E-state index in [-0.39, 0.29) is 5.91 Å². The van der Waals surface area contributed by atoms with Crippen molar-refractivity contribution in [1.82, 2.24) is 10.6 Å². The number of rotatable bonds is 15. The van der Waals surface area contributed by atoms with E-state index in [2.05, 4.69) is 27.9 Å². The van der Waals surface area contributed by atoms with Crippen LogP contribution in [0.2, 0.25) is 0 Å². The van der Waals surface area contributed by atoms with Crippen molar-refractivity contribution < 1.29 is 14.3 Å². The van der Waals surface area contributed by atoms with E-state index in [4.69, 9.17) is 9.47 Å². The van der Waals surface area contributed by atoms with Crippen LogP contribution in [0.3, 0.4) is 0 Å². The highest BCUT2D eigenvalue weighted by Crippen LogP contribution is 2.13. The molecule has 0 aromatic heterocycles. The molecule has 7 heteroatoms. The number of anilines is 1. The number of benzene rings is 1. The van der Waals surface area contributed by atoms with Crippen molar-refractivity contribution >= 4 is 17.6 Å². The first kappa shape index (κ1) is 25.9. The van der Waals surface area contributed by atoms with Gasteiger partial charge in [0.1, 0.15) is 0 Å². The lowest BCUT2D eigenvalue weighted by Crippen LogP contribution is -2.39. The predicted octanol–water partition coefficient (Wildman–Crippen LogP) is 3.56. The van der Waals surface area contributed by atoms with Gasteiger partial charge < -0.3 is 25.4 Å². The van der Waals surface area contributed by atoms with Crippen molar-refractivity contribution in [2.24, 2.45) is 10.9 Å². The minimum Gasteiger partial charge on any atom is -0.379 e. The molecule has 30 heavy (non-hydrogen) atoms. The Morgan fingerprint density at radius 1 is 1.07 bits per heavy atom. The zero-order valence-corrected chi connectivity index (χ0v) is 19.1. The van der Waals surface area contributed by atoms with Gasteiger partial charge in [0.15, 0.2) is 5.96 Å². The van der Waals surface area contributed by atoms with Crippen LogP contribution in [0.4, 0.5) is 5.69 Å². The number of aliphatic imine (C=N–C) groups is 1. The molecule has 0 saturated carbocycles. The number of carbonyl (C=O) groups is 1. The van der Waals surface area contributed by atoms with Crippen LogP contribution in [0.1, 0.15) is 52.5 Å². The maximum absolute atomic E-state index is 12.0. The van der Waals surface area contributed by atoms with Gasteiger partial charge in [-0.2, -0.15) is 0 Å². The largest absolute Gasteiger partial charge is 0.379 e. The molecule has 0 saturated heterocycles. The minimum absolute atomic E-state index is 0.0384. The molecule has 0 bridgehead atoms. The minimum atomic E-state index is 0.0384. The number of carbonyl (C=O) groups excluding carboxylic acids is 1. The Morgan fingerprint density at radius 2 is 1.83 bits per heavy atom. The summed E-state index contributed by atoms with van der Waals surface area (Å²) in [6, 6.07) is 7.81. The lowest BCUT2D eigenvalue weighted by atomic mass is 10.1. The molecule has 0 aliphatic heterocycles. The summed E-state index contributed by atoms with van der Waals surface area (Å²) in [5.41, 5.74) is 1.84.